The molecule has 0 aliphatic heterocycles. The molecule has 0 aliphatic carbocycles. The van der Waals surface area contributed by atoms with Gasteiger partial charge in [-0.1, -0.05) is 42.5 Å². The van der Waals surface area contributed by atoms with Crippen molar-refractivity contribution in [1.82, 2.24) is 9.47 Å². The number of aryl methyl sites for hydroxylation is 1. The normalized spacial score (nSPS) is 11.0. The standard InChI is InChI=1S/C20H22N2/c1-17-8-6-11-19(14-17)22-13-7-12-20(22)16-21(2)15-18-9-4-3-5-10-18/h3-14H,15-16H2,1-2H3. The van der Waals surface area contributed by atoms with Gasteiger partial charge in [-0.25, -0.2) is 0 Å². The molecule has 1 heterocycles. The number of rotatable bonds is 5. The fraction of sp³-hybridized carbons (Fsp3) is 0.200. The molecule has 0 amide bonds. The first-order valence-corrected chi connectivity index (χ1v) is 7.68. The van der Waals surface area contributed by atoms with Gasteiger partial charge < -0.3 is 4.57 Å². The molecule has 0 unspecified atom stereocenters. The lowest BCUT2D eigenvalue weighted by Crippen LogP contribution is -2.19. The molecule has 1 aromatic heterocycles. The summed E-state index contributed by atoms with van der Waals surface area (Å²) in [5, 5.41) is 0. The Labute approximate surface area is 132 Å². The van der Waals surface area contributed by atoms with E-state index in [0.29, 0.717) is 0 Å². The predicted molar refractivity (Wildman–Crippen MR) is 92.1 cm³/mol. The molecule has 0 saturated heterocycles. The van der Waals surface area contributed by atoms with E-state index in [4.69, 9.17) is 0 Å². The van der Waals surface area contributed by atoms with Crippen LogP contribution in [0.4, 0.5) is 0 Å². The molecule has 3 aromatic rings. The molecule has 2 heteroatoms. The van der Waals surface area contributed by atoms with Gasteiger partial charge in [0.2, 0.25) is 0 Å². The Balaban J connectivity index is 1.75. The van der Waals surface area contributed by atoms with E-state index in [0.717, 1.165) is 13.1 Å². The second-order valence-electron chi connectivity index (χ2n) is 5.87. The highest BCUT2D eigenvalue weighted by atomic mass is 15.1. The third kappa shape index (κ3) is 3.46. The van der Waals surface area contributed by atoms with Crippen molar-refractivity contribution in [3.8, 4) is 5.69 Å². The molecular weight excluding hydrogens is 268 g/mol. The van der Waals surface area contributed by atoms with Crippen molar-refractivity contribution in [3.05, 3.63) is 89.7 Å². The molecule has 0 bridgehead atoms. The summed E-state index contributed by atoms with van der Waals surface area (Å²) in [6, 6.07) is 23.6. The number of nitrogens with zero attached hydrogens (tertiary/aromatic N) is 2. The van der Waals surface area contributed by atoms with Crippen LogP contribution in [0.15, 0.2) is 72.9 Å². The van der Waals surface area contributed by atoms with E-state index >= 15 is 0 Å². The van der Waals surface area contributed by atoms with Crippen LogP contribution in [0.3, 0.4) is 0 Å². The summed E-state index contributed by atoms with van der Waals surface area (Å²) in [4.78, 5) is 2.34. The van der Waals surface area contributed by atoms with Gasteiger partial charge in [0.1, 0.15) is 0 Å². The van der Waals surface area contributed by atoms with Crippen molar-refractivity contribution in [2.75, 3.05) is 7.05 Å². The van der Waals surface area contributed by atoms with Crippen LogP contribution >= 0.6 is 0 Å². The summed E-state index contributed by atoms with van der Waals surface area (Å²) in [6.45, 7) is 4.02. The highest BCUT2D eigenvalue weighted by Gasteiger charge is 2.07. The first-order chi connectivity index (χ1) is 10.7. The number of benzene rings is 2. The van der Waals surface area contributed by atoms with Crippen molar-refractivity contribution >= 4 is 0 Å². The van der Waals surface area contributed by atoms with Crippen LogP contribution < -0.4 is 0 Å². The van der Waals surface area contributed by atoms with Crippen LogP contribution in [0.1, 0.15) is 16.8 Å². The van der Waals surface area contributed by atoms with Gasteiger partial charge in [0.15, 0.2) is 0 Å². The van der Waals surface area contributed by atoms with Crippen LogP contribution in [-0.2, 0) is 13.1 Å². The second kappa shape index (κ2) is 6.63. The quantitative estimate of drug-likeness (QED) is 0.675. The van der Waals surface area contributed by atoms with E-state index < -0.39 is 0 Å². The van der Waals surface area contributed by atoms with E-state index in [9.17, 15) is 0 Å². The second-order valence-corrected chi connectivity index (χ2v) is 5.87. The fourth-order valence-corrected chi connectivity index (χ4v) is 2.80. The first-order valence-electron chi connectivity index (χ1n) is 7.68. The summed E-state index contributed by atoms with van der Waals surface area (Å²) < 4.78 is 2.27. The Bertz CT molecular complexity index is 728. The molecule has 112 valence electrons. The molecule has 22 heavy (non-hydrogen) atoms. The number of hydrogen-bond donors (Lipinski definition) is 0. The minimum atomic E-state index is 0.926. The lowest BCUT2D eigenvalue weighted by Gasteiger charge is -2.18. The topological polar surface area (TPSA) is 8.17 Å². The monoisotopic (exact) mass is 290 g/mol. The summed E-state index contributed by atoms with van der Waals surface area (Å²) in [7, 11) is 2.17. The molecule has 0 atom stereocenters. The largest absolute Gasteiger partial charge is 0.320 e. The predicted octanol–water partition coefficient (Wildman–Crippen LogP) is 4.42. The third-order valence-electron chi connectivity index (χ3n) is 3.84. The summed E-state index contributed by atoms with van der Waals surface area (Å²) in [5.41, 5.74) is 5.17. The minimum absolute atomic E-state index is 0.926. The summed E-state index contributed by atoms with van der Waals surface area (Å²) >= 11 is 0. The van der Waals surface area contributed by atoms with Crippen LogP contribution in [0.5, 0.6) is 0 Å². The van der Waals surface area contributed by atoms with E-state index in [1.165, 1.54) is 22.5 Å². The van der Waals surface area contributed by atoms with Crippen LogP contribution in [0.25, 0.3) is 5.69 Å². The van der Waals surface area contributed by atoms with Gasteiger partial charge in [-0.15, -0.1) is 0 Å². The fourth-order valence-electron chi connectivity index (χ4n) is 2.80. The van der Waals surface area contributed by atoms with Gasteiger partial charge in [0.05, 0.1) is 0 Å². The van der Waals surface area contributed by atoms with Crippen LogP contribution in [-0.4, -0.2) is 16.5 Å². The molecule has 0 fully saturated rings. The van der Waals surface area contributed by atoms with Crippen molar-refractivity contribution in [3.63, 3.8) is 0 Å². The minimum Gasteiger partial charge on any atom is -0.320 e. The van der Waals surface area contributed by atoms with Gasteiger partial charge in [-0.3, -0.25) is 4.90 Å². The average Bonchev–Trinajstić information content (AvgIpc) is 2.96. The van der Waals surface area contributed by atoms with Gasteiger partial charge in [0, 0.05) is 30.7 Å². The third-order valence-corrected chi connectivity index (χ3v) is 3.84. The zero-order valence-electron chi connectivity index (χ0n) is 13.2. The molecule has 0 radical (unpaired) electrons. The zero-order valence-corrected chi connectivity index (χ0v) is 13.2. The SMILES string of the molecule is Cc1cccc(-n2cccc2CN(C)Cc2ccccc2)c1. The Morgan fingerprint density at radius 1 is 0.864 bits per heavy atom. The molecule has 0 aliphatic rings. The van der Waals surface area contributed by atoms with Crippen molar-refractivity contribution in [2.24, 2.45) is 0 Å². The first kappa shape index (κ1) is 14.6. The molecule has 0 N–H and O–H groups in total. The number of aromatic nitrogens is 1. The van der Waals surface area contributed by atoms with Gasteiger partial charge in [-0.2, -0.15) is 0 Å². The Kier molecular flexibility index (Phi) is 4.40. The smallest absolute Gasteiger partial charge is 0.0455 e. The van der Waals surface area contributed by atoms with Gasteiger partial charge in [-0.05, 0) is 49.4 Å². The highest BCUT2D eigenvalue weighted by Crippen LogP contribution is 2.16. The van der Waals surface area contributed by atoms with Crippen LogP contribution in [0, 0.1) is 6.92 Å². The highest BCUT2D eigenvalue weighted by molar-refractivity contribution is 5.38. The summed E-state index contributed by atoms with van der Waals surface area (Å²) in [5.74, 6) is 0. The average molecular weight is 290 g/mol. The van der Waals surface area contributed by atoms with E-state index in [-0.39, 0.29) is 0 Å². The Morgan fingerprint density at radius 3 is 2.45 bits per heavy atom. The molecule has 2 nitrogen and oxygen atoms in total. The van der Waals surface area contributed by atoms with Crippen molar-refractivity contribution in [1.29, 1.82) is 0 Å². The molecule has 0 saturated carbocycles. The summed E-state index contributed by atoms with van der Waals surface area (Å²) in [6.07, 6.45) is 2.14. The van der Waals surface area contributed by atoms with Gasteiger partial charge >= 0.3 is 0 Å². The molecule has 2 aromatic carbocycles. The molecule has 3 rings (SSSR count). The van der Waals surface area contributed by atoms with Crippen molar-refractivity contribution < 1.29 is 0 Å². The maximum absolute atomic E-state index is 2.34. The zero-order chi connectivity index (χ0) is 15.4. The number of hydrogen-bond acceptors (Lipinski definition) is 1. The van der Waals surface area contributed by atoms with Gasteiger partial charge in [0.25, 0.3) is 0 Å². The van der Waals surface area contributed by atoms with E-state index in [2.05, 4.69) is 96.4 Å². The molecular formula is C20H22N2. The lowest BCUT2D eigenvalue weighted by molar-refractivity contribution is 0.313. The van der Waals surface area contributed by atoms with E-state index in [1.807, 2.05) is 0 Å². The van der Waals surface area contributed by atoms with Crippen molar-refractivity contribution in [2.45, 2.75) is 20.0 Å². The maximum atomic E-state index is 2.34. The lowest BCUT2D eigenvalue weighted by atomic mass is 10.2. The van der Waals surface area contributed by atoms with Crippen LogP contribution in [0.2, 0.25) is 0 Å². The Morgan fingerprint density at radius 2 is 1.68 bits per heavy atom. The molecule has 0 spiro atoms. The Hall–Kier alpha value is -2.32. The van der Waals surface area contributed by atoms with E-state index in [1.54, 1.807) is 0 Å². The maximum Gasteiger partial charge on any atom is 0.0455 e.